The lowest BCUT2D eigenvalue weighted by Gasteiger charge is -2.26. The molecule has 0 bridgehead atoms. The summed E-state index contributed by atoms with van der Waals surface area (Å²) in [5.74, 6) is -0.270. The molecule has 174 valence electrons. The number of rotatable bonds is 7. The first-order valence-electron chi connectivity index (χ1n) is 10.6. The molecule has 5 nitrogen and oxygen atoms in total. The maximum atomic E-state index is 13.3. The van der Waals surface area contributed by atoms with Crippen molar-refractivity contribution in [2.24, 2.45) is 0 Å². The molecule has 0 saturated heterocycles. The van der Waals surface area contributed by atoms with Crippen LogP contribution in [0.25, 0.3) is 0 Å². The zero-order chi connectivity index (χ0) is 23.4. The fourth-order valence-corrected chi connectivity index (χ4v) is 5.32. The van der Waals surface area contributed by atoms with Crippen molar-refractivity contribution in [1.82, 2.24) is 5.32 Å². The average Bonchev–Trinajstić information content (AvgIpc) is 2.75. The molecule has 1 aliphatic rings. The predicted molar refractivity (Wildman–Crippen MR) is 117 cm³/mol. The predicted octanol–water partition coefficient (Wildman–Crippen LogP) is 5.05. The molecule has 1 aliphatic carbocycles. The normalized spacial score (nSPS) is 15.4. The van der Waals surface area contributed by atoms with Crippen molar-refractivity contribution in [3.05, 3.63) is 59.7 Å². The third-order valence-electron chi connectivity index (χ3n) is 5.58. The van der Waals surface area contributed by atoms with Crippen LogP contribution in [-0.2, 0) is 21.0 Å². The number of carbonyl (C=O) groups is 1. The van der Waals surface area contributed by atoms with E-state index in [1.54, 1.807) is 24.3 Å². The number of halogens is 3. The summed E-state index contributed by atoms with van der Waals surface area (Å²) in [4.78, 5) is 12.0. The summed E-state index contributed by atoms with van der Waals surface area (Å²) < 4.78 is 67.1. The number of carbonyl (C=O) groups excluding carboxylic acids is 1. The number of hydrogen-bond acceptors (Lipinski definition) is 3. The number of hydrogen-bond donors (Lipinski definition) is 1. The van der Waals surface area contributed by atoms with Crippen molar-refractivity contribution in [2.75, 3.05) is 10.8 Å². The Balaban J connectivity index is 1.85. The van der Waals surface area contributed by atoms with Gasteiger partial charge in [-0.1, -0.05) is 43.0 Å². The van der Waals surface area contributed by atoms with Gasteiger partial charge in [0.15, 0.2) is 0 Å². The fraction of sp³-hybridized carbons (Fsp3) is 0.435. The Bertz CT molecular complexity index is 1030. The van der Waals surface area contributed by atoms with Crippen LogP contribution in [0.4, 0.5) is 18.9 Å². The number of anilines is 1. The molecule has 0 unspecified atom stereocenters. The molecular weight excluding hydrogens is 441 g/mol. The standard InChI is InChI=1S/C23H27F3N2O3S/c1-17-10-12-20(13-11-17)28(15-14-22(29)27-19-7-3-2-4-8-19)32(30,31)21-9-5-6-18(16-21)23(24,25)26/h5-6,9-13,16,19H,2-4,7-8,14-15H2,1H3,(H,27,29). The molecule has 2 aromatic carbocycles. The van der Waals surface area contributed by atoms with Gasteiger partial charge in [-0.15, -0.1) is 0 Å². The minimum atomic E-state index is -4.67. The van der Waals surface area contributed by atoms with E-state index in [9.17, 15) is 26.4 Å². The van der Waals surface area contributed by atoms with Crippen molar-refractivity contribution in [2.45, 2.75) is 62.6 Å². The van der Waals surface area contributed by atoms with Gasteiger partial charge in [-0.3, -0.25) is 9.10 Å². The van der Waals surface area contributed by atoms with Crippen molar-refractivity contribution in [3.8, 4) is 0 Å². The van der Waals surface area contributed by atoms with E-state index < -0.39 is 26.7 Å². The first kappa shape index (κ1) is 24.1. The molecule has 1 amide bonds. The summed E-state index contributed by atoms with van der Waals surface area (Å²) in [7, 11) is -4.33. The third-order valence-corrected chi connectivity index (χ3v) is 7.41. The SMILES string of the molecule is Cc1ccc(N(CCC(=O)NC2CCCCC2)S(=O)(=O)c2cccc(C(F)(F)F)c2)cc1. The van der Waals surface area contributed by atoms with Crippen molar-refractivity contribution < 1.29 is 26.4 Å². The van der Waals surface area contributed by atoms with Crippen LogP contribution in [0.3, 0.4) is 0 Å². The van der Waals surface area contributed by atoms with E-state index in [-0.39, 0.29) is 24.9 Å². The minimum Gasteiger partial charge on any atom is -0.353 e. The van der Waals surface area contributed by atoms with Gasteiger partial charge in [0, 0.05) is 19.0 Å². The van der Waals surface area contributed by atoms with Crippen LogP contribution < -0.4 is 9.62 Å². The van der Waals surface area contributed by atoms with Crippen LogP contribution in [0.5, 0.6) is 0 Å². The van der Waals surface area contributed by atoms with E-state index in [1.165, 1.54) is 0 Å². The van der Waals surface area contributed by atoms with Gasteiger partial charge in [0.1, 0.15) is 0 Å². The number of sulfonamides is 1. The summed E-state index contributed by atoms with van der Waals surface area (Å²) >= 11 is 0. The summed E-state index contributed by atoms with van der Waals surface area (Å²) in [5.41, 5.74) is 0.149. The van der Waals surface area contributed by atoms with Crippen LogP contribution >= 0.6 is 0 Å². The quantitative estimate of drug-likeness (QED) is 0.619. The average molecular weight is 469 g/mol. The van der Waals surface area contributed by atoms with E-state index in [1.807, 2.05) is 6.92 Å². The molecule has 0 aromatic heterocycles. The van der Waals surface area contributed by atoms with Gasteiger partial charge in [0.05, 0.1) is 16.1 Å². The third kappa shape index (κ3) is 6.03. The highest BCUT2D eigenvalue weighted by Crippen LogP contribution is 2.32. The Morgan fingerprint density at radius 1 is 1.06 bits per heavy atom. The summed E-state index contributed by atoms with van der Waals surface area (Å²) in [6.07, 6.45) is 0.270. The number of alkyl halides is 3. The van der Waals surface area contributed by atoms with Crippen LogP contribution in [0.15, 0.2) is 53.4 Å². The smallest absolute Gasteiger partial charge is 0.353 e. The highest BCUT2D eigenvalue weighted by atomic mass is 32.2. The fourth-order valence-electron chi connectivity index (χ4n) is 3.81. The number of nitrogens with zero attached hydrogens (tertiary/aromatic N) is 1. The Labute approximate surface area is 186 Å². The van der Waals surface area contributed by atoms with Gasteiger partial charge < -0.3 is 5.32 Å². The second-order valence-electron chi connectivity index (χ2n) is 8.09. The Kier molecular flexibility index (Phi) is 7.48. The van der Waals surface area contributed by atoms with Crippen LogP contribution in [-0.4, -0.2) is 26.9 Å². The van der Waals surface area contributed by atoms with Crippen molar-refractivity contribution in [1.29, 1.82) is 0 Å². The molecule has 2 aromatic rings. The molecule has 1 fully saturated rings. The second kappa shape index (κ2) is 9.94. The second-order valence-corrected chi connectivity index (χ2v) is 9.95. The largest absolute Gasteiger partial charge is 0.416 e. The van der Waals surface area contributed by atoms with E-state index in [0.29, 0.717) is 11.8 Å². The van der Waals surface area contributed by atoms with E-state index in [2.05, 4.69) is 5.32 Å². The first-order valence-corrected chi connectivity index (χ1v) is 12.1. The molecule has 32 heavy (non-hydrogen) atoms. The van der Waals surface area contributed by atoms with Crippen molar-refractivity contribution >= 4 is 21.6 Å². The van der Waals surface area contributed by atoms with Gasteiger partial charge in [-0.05, 0) is 50.1 Å². The monoisotopic (exact) mass is 468 g/mol. The van der Waals surface area contributed by atoms with E-state index in [0.717, 1.165) is 60.2 Å². The molecule has 1 saturated carbocycles. The zero-order valence-electron chi connectivity index (χ0n) is 17.9. The maximum absolute atomic E-state index is 13.3. The van der Waals surface area contributed by atoms with E-state index >= 15 is 0 Å². The minimum absolute atomic E-state index is 0.0872. The number of aryl methyl sites for hydroxylation is 1. The molecule has 9 heteroatoms. The van der Waals surface area contributed by atoms with Crippen LogP contribution in [0.1, 0.15) is 49.7 Å². The Morgan fingerprint density at radius 2 is 1.72 bits per heavy atom. The van der Waals surface area contributed by atoms with Crippen molar-refractivity contribution in [3.63, 3.8) is 0 Å². The maximum Gasteiger partial charge on any atom is 0.416 e. The first-order chi connectivity index (χ1) is 15.1. The molecule has 3 rings (SSSR count). The number of benzene rings is 2. The summed E-state index contributed by atoms with van der Waals surface area (Å²) in [5, 5.41) is 2.95. The Morgan fingerprint density at radius 3 is 2.34 bits per heavy atom. The van der Waals surface area contributed by atoms with Gasteiger partial charge in [0.2, 0.25) is 5.91 Å². The van der Waals surface area contributed by atoms with Crippen LogP contribution in [0, 0.1) is 6.92 Å². The number of nitrogens with one attached hydrogen (secondary N) is 1. The molecular formula is C23H27F3N2O3S. The lowest BCUT2D eigenvalue weighted by molar-refractivity contribution is -0.137. The van der Waals surface area contributed by atoms with Crippen LogP contribution in [0.2, 0.25) is 0 Å². The Hall–Kier alpha value is -2.55. The topological polar surface area (TPSA) is 66.5 Å². The molecule has 0 spiro atoms. The molecule has 1 N–H and O–H groups in total. The highest BCUT2D eigenvalue weighted by molar-refractivity contribution is 7.92. The summed E-state index contributed by atoms with van der Waals surface area (Å²) in [6, 6.07) is 10.3. The molecule has 0 radical (unpaired) electrons. The molecule has 0 atom stereocenters. The summed E-state index contributed by atoms with van der Waals surface area (Å²) in [6.45, 7) is 1.66. The van der Waals surface area contributed by atoms with Gasteiger partial charge in [-0.2, -0.15) is 13.2 Å². The molecule has 0 aliphatic heterocycles. The van der Waals surface area contributed by atoms with Gasteiger partial charge >= 0.3 is 6.18 Å². The molecule has 0 heterocycles. The highest BCUT2D eigenvalue weighted by Gasteiger charge is 2.33. The van der Waals surface area contributed by atoms with Gasteiger partial charge in [-0.25, -0.2) is 8.42 Å². The lowest BCUT2D eigenvalue weighted by atomic mass is 9.95. The van der Waals surface area contributed by atoms with Gasteiger partial charge in [0.25, 0.3) is 10.0 Å². The lowest BCUT2D eigenvalue weighted by Crippen LogP contribution is -2.39. The van der Waals surface area contributed by atoms with E-state index in [4.69, 9.17) is 0 Å². The number of amides is 1. The zero-order valence-corrected chi connectivity index (χ0v) is 18.7.